The molecule has 0 saturated heterocycles. The first kappa shape index (κ1) is 15.2. The van der Waals surface area contributed by atoms with Crippen molar-refractivity contribution >= 4 is 28.3 Å². The van der Waals surface area contributed by atoms with Crippen LogP contribution in [-0.4, -0.2) is 15.7 Å². The van der Waals surface area contributed by atoms with Gasteiger partial charge in [-0.15, -0.1) is 0 Å². The van der Waals surface area contributed by atoms with Crippen molar-refractivity contribution in [3.05, 3.63) is 75.2 Å². The van der Waals surface area contributed by atoms with E-state index in [4.69, 9.17) is 11.6 Å². The number of nitrogens with zero attached hydrogens (tertiary/aromatic N) is 2. The number of amides is 1. The maximum absolute atomic E-state index is 12.2. The van der Waals surface area contributed by atoms with Crippen LogP contribution in [0.3, 0.4) is 0 Å². The molecule has 0 bridgehead atoms. The molecule has 6 heteroatoms. The predicted molar refractivity (Wildman–Crippen MR) is 89.6 cm³/mol. The minimum Gasteiger partial charge on any atom is -0.346 e. The van der Waals surface area contributed by atoms with Crippen LogP contribution in [0.25, 0.3) is 10.8 Å². The zero-order chi connectivity index (χ0) is 16.4. The van der Waals surface area contributed by atoms with E-state index < -0.39 is 0 Å². The fraction of sp³-hybridized carbons (Fsp3) is 0.118. The summed E-state index contributed by atoms with van der Waals surface area (Å²) >= 11 is 5.89. The first-order valence-corrected chi connectivity index (χ1v) is 7.43. The highest BCUT2D eigenvalue weighted by molar-refractivity contribution is 6.30. The Balaban J connectivity index is 1.89. The Hall–Kier alpha value is -2.66. The van der Waals surface area contributed by atoms with Crippen molar-refractivity contribution < 1.29 is 4.79 Å². The largest absolute Gasteiger partial charge is 0.346 e. The molecular formula is C17H14ClN3O2. The Morgan fingerprint density at radius 2 is 1.91 bits per heavy atom. The lowest BCUT2D eigenvalue weighted by atomic mass is 10.1. The second-order valence-corrected chi connectivity index (χ2v) is 5.55. The van der Waals surface area contributed by atoms with Gasteiger partial charge in [-0.2, -0.15) is 5.10 Å². The molecule has 1 N–H and O–H groups in total. The van der Waals surface area contributed by atoms with Gasteiger partial charge in [0.1, 0.15) is 0 Å². The molecule has 0 fully saturated rings. The summed E-state index contributed by atoms with van der Waals surface area (Å²) in [5.41, 5.74) is 0.954. The normalized spacial score (nSPS) is 10.7. The average Bonchev–Trinajstić information content (AvgIpc) is 2.56. The topological polar surface area (TPSA) is 64.0 Å². The second-order valence-electron chi connectivity index (χ2n) is 5.11. The molecule has 1 heterocycles. The number of nitrogens with one attached hydrogen (secondary N) is 1. The molecular weight excluding hydrogens is 314 g/mol. The highest BCUT2D eigenvalue weighted by Gasteiger charge is 2.11. The third-order valence-corrected chi connectivity index (χ3v) is 3.77. The Bertz CT molecular complexity index is 950. The molecule has 0 unspecified atom stereocenters. The number of fused-ring (bicyclic) bond motifs is 1. The van der Waals surface area contributed by atoms with Gasteiger partial charge in [0.2, 0.25) is 0 Å². The Labute approximate surface area is 137 Å². The van der Waals surface area contributed by atoms with Crippen molar-refractivity contribution in [3.8, 4) is 0 Å². The molecule has 0 radical (unpaired) electrons. The van der Waals surface area contributed by atoms with Crippen LogP contribution in [0.4, 0.5) is 0 Å². The van der Waals surface area contributed by atoms with E-state index in [-0.39, 0.29) is 18.0 Å². The predicted octanol–water partition coefficient (Wildman–Crippen LogP) is 2.52. The molecule has 0 aliphatic heterocycles. The van der Waals surface area contributed by atoms with E-state index >= 15 is 0 Å². The van der Waals surface area contributed by atoms with Gasteiger partial charge < -0.3 is 5.32 Å². The minimum absolute atomic E-state index is 0.162. The minimum atomic E-state index is -0.243. The number of carbonyl (C=O) groups is 1. The molecule has 116 valence electrons. The molecule has 5 nitrogen and oxygen atoms in total. The van der Waals surface area contributed by atoms with Crippen molar-refractivity contribution in [2.24, 2.45) is 7.05 Å². The summed E-state index contributed by atoms with van der Waals surface area (Å²) in [6.07, 6.45) is 0. The van der Waals surface area contributed by atoms with E-state index in [0.717, 1.165) is 5.39 Å². The van der Waals surface area contributed by atoms with E-state index in [1.54, 1.807) is 43.4 Å². The number of hydrogen-bond acceptors (Lipinski definition) is 3. The molecule has 2 aromatic carbocycles. The number of rotatable bonds is 3. The molecule has 1 aromatic heterocycles. The fourth-order valence-corrected chi connectivity index (χ4v) is 2.59. The molecule has 23 heavy (non-hydrogen) atoms. The van der Waals surface area contributed by atoms with Gasteiger partial charge >= 0.3 is 0 Å². The Morgan fingerprint density at radius 3 is 2.65 bits per heavy atom. The molecule has 0 spiro atoms. The van der Waals surface area contributed by atoms with Crippen LogP contribution >= 0.6 is 11.6 Å². The van der Waals surface area contributed by atoms with Crippen molar-refractivity contribution in [2.45, 2.75) is 6.54 Å². The lowest BCUT2D eigenvalue weighted by Crippen LogP contribution is -2.27. The van der Waals surface area contributed by atoms with Gasteiger partial charge in [0.25, 0.3) is 11.5 Å². The first-order chi connectivity index (χ1) is 11.1. The van der Waals surface area contributed by atoms with Gasteiger partial charge in [-0.1, -0.05) is 35.9 Å². The lowest BCUT2D eigenvalue weighted by Gasteiger charge is -2.09. The van der Waals surface area contributed by atoms with Gasteiger partial charge in [0, 0.05) is 23.0 Å². The van der Waals surface area contributed by atoms with Crippen LogP contribution in [0.5, 0.6) is 0 Å². The van der Waals surface area contributed by atoms with Crippen LogP contribution in [0.1, 0.15) is 16.1 Å². The monoisotopic (exact) mass is 327 g/mol. The van der Waals surface area contributed by atoms with Crippen molar-refractivity contribution in [1.82, 2.24) is 15.1 Å². The van der Waals surface area contributed by atoms with Crippen molar-refractivity contribution in [2.75, 3.05) is 0 Å². The smallest absolute Gasteiger partial charge is 0.274 e. The van der Waals surface area contributed by atoms with E-state index in [0.29, 0.717) is 21.7 Å². The summed E-state index contributed by atoms with van der Waals surface area (Å²) in [6.45, 7) is 0.222. The van der Waals surface area contributed by atoms with Crippen LogP contribution in [0.15, 0.2) is 53.3 Å². The van der Waals surface area contributed by atoms with Gasteiger partial charge in [-0.3, -0.25) is 9.59 Å². The fourth-order valence-electron chi connectivity index (χ4n) is 2.40. The van der Waals surface area contributed by atoms with Crippen LogP contribution < -0.4 is 10.9 Å². The molecule has 1 amide bonds. The third kappa shape index (κ3) is 3.10. The van der Waals surface area contributed by atoms with Gasteiger partial charge in [-0.25, -0.2) is 4.68 Å². The molecule has 0 atom stereocenters. The van der Waals surface area contributed by atoms with Gasteiger partial charge in [0.05, 0.1) is 17.6 Å². The number of hydrogen-bond donors (Lipinski definition) is 1. The zero-order valence-electron chi connectivity index (χ0n) is 12.4. The van der Waals surface area contributed by atoms with Crippen molar-refractivity contribution in [1.29, 1.82) is 0 Å². The number of aromatic nitrogens is 2. The number of carbonyl (C=O) groups excluding carboxylic acids is 1. The highest BCUT2D eigenvalue weighted by Crippen LogP contribution is 2.14. The maximum Gasteiger partial charge on any atom is 0.274 e. The molecule has 0 aliphatic rings. The van der Waals surface area contributed by atoms with Crippen LogP contribution in [0, 0.1) is 0 Å². The van der Waals surface area contributed by atoms with Crippen molar-refractivity contribution in [3.63, 3.8) is 0 Å². The average molecular weight is 328 g/mol. The number of aryl methyl sites for hydroxylation is 1. The van der Waals surface area contributed by atoms with Crippen LogP contribution in [-0.2, 0) is 13.6 Å². The summed E-state index contributed by atoms with van der Waals surface area (Å²) in [6, 6.07) is 13.9. The Morgan fingerprint density at radius 1 is 1.17 bits per heavy atom. The summed E-state index contributed by atoms with van der Waals surface area (Å²) in [5.74, 6) is -0.243. The van der Waals surface area contributed by atoms with E-state index in [9.17, 15) is 9.59 Å². The van der Waals surface area contributed by atoms with E-state index in [1.807, 2.05) is 12.1 Å². The molecule has 0 aliphatic carbocycles. The lowest BCUT2D eigenvalue weighted by molar-refractivity contribution is 0.0950. The maximum atomic E-state index is 12.2. The quantitative estimate of drug-likeness (QED) is 0.804. The Kier molecular flexibility index (Phi) is 4.12. The van der Waals surface area contributed by atoms with Crippen LogP contribution in [0.2, 0.25) is 5.02 Å². The summed E-state index contributed by atoms with van der Waals surface area (Å²) in [4.78, 5) is 24.3. The first-order valence-electron chi connectivity index (χ1n) is 7.05. The summed E-state index contributed by atoms with van der Waals surface area (Å²) in [7, 11) is 1.59. The van der Waals surface area contributed by atoms with E-state index in [2.05, 4.69) is 10.4 Å². The molecule has 3 rings (SSSR count). The summed E-state index contributed by atoms with van der Waals surface area (Å²) in [5, 5.41) is 8.87. The van der Waals surface area contributed by atoms with Gasteiger partial charge in [0.15, 0.2) is 0 Å². The van der Waals surface area contributed by atoms with E-state index in [1.165, 1.54) is 4.68 Å². The standard InChI is InChI=1S/C17H14ClN3O2/c1-21-17(23)14-8-3-2-7-13(14)15(20-21)10-19-16(22)11-5-4-6-12(18)9-11/h2-9H,10H2,1H3,(H,19,22). The number of benzene rings is 2. The third-order valence-electron chi connectivity index (χ3n) is 3.54. The SMILES string of the molecule is Cn1nc(CNC(=O)c2cccc(Cl)c2)c2ccccc2c1=O. The molecule has 3 aromatic rings. The second kappa shape index (κ2) is 6.22. The zero-order valence-corrected chi connectivity index (χ0v) is 13.2. The molecule has 0 saturated carbocycles. The summed E-state index contributed by atoms with van der Waals surface area (Å²) < 4.78 is 1.28. The van der Waals surface area contributed by atoms with Gasteiger partial charge in [-0.05, 0) is 24.3 Å². The number of halogens is 1. The highest BCUT2D eigenvalue weighted by atomic mass is 35.5.